The molecular weight excluding hydrogens is 471 g/mol. The normalized spacial score (nSPS) is 23.3. The number of nitrogens with zero attached hydrogens (tertiary/aromatic N) is 1. The standard InChI is InChI=1S/C26H30BrFN2O2/c1-2-3-4-17-5-7-19(8-6-17)26(32)30-16-24(31)29-23-14-11-20(27)15-22(23)25(30)18-9-12-21(28)13-10-18/h9-15,17,19,25H,2-8,16H2,1H3,(H,29,31)/t17?,19?,25-/m0/s1. The van der Waals surface area contributed by atoms with E-state index in [9.17, 15) is 14.0 Å². The number of halogens is 2. The Morgan fingerprint density at radius 2 is 1.84 bits per heavy atom. The Bertz CT molecular complexity index is 970. The van der Waals surface area contributed by atoms with Crippen LogP contribution in [0, 0.1) is 17.7 Å². The highest BCUT2D eigenvalue weighted by Crippen LogP contribution is 2.40. The number of nitrogens with one attached hydrogen (secondary N) is 1. The molecule has 1 aliphatic carbocycles. The summed E-state index contributed by atoms with van der Waals surface area (Å²) in [5.74, 6) is 0.127. The van der Waals surface area contributed by atoms with Crippen molar-refractivity contribution < 1.29 is 14.0 Å². The van der Waals surface area contributed by atoms with Gasteiger partial charge in [-0.3, -0.25) is 9.59 Å². The number of rotatable bonds is 5. The maximum Gasteiger partial charge on any atom is 0.244 e. The number of fused-ring (bicyclic) bond motifs is 1. The summed E-state index contributed by atoms with van der Waals surface area (Å²) in [6.45, 7) is 2.20. The molecule has 0 spiro atoms. The maximum atomic E-state index is 13.8. The minimum absolute atomic E-state index is 0.0110. The molecule has 2 aliphatic rings. The highest BCUT2D eigenvalue weighted by Gasteiger charge is 2.37. The van der Waals surface area contributed by atoms with Gasteiger partial charge in [0.05, 0.1) is 6.04 Å². The number of hydrogen-bond acceptors (Lipinski definition) is 2. The molecule has 1 aliphatic heterocycles. The fourth-order valence-corrected chi connectivity index (χ4v) is 5.49. The molecule has 1 N–H and O–H groups in total. The second-order valence-electron chi connectivity index (χ2n) is 9.06. The van der Waals surface area contributed by atoms with Gasteiger partial charge in [0, 0.05) is 21.6 Å². The first-order valence-corrected chi connectivity index (χ1v) is 12.4. The molecule has 4 rings (SSSR count). The van der Waals surface area contributed by atoms with Crippen LogP contribution in [0.25, 0.3) is 0 Å². The van der Waals surface area contributed by atoms with E-state index in [-0.39, 0.29) is 30.1 Å². The van der Waals surface area contributed by atoms with Crippen molar-refractivity contribution in [1.29, 1.82) is 0 Å². The number of unbranched alkanes of at least 4 members (excludes halogenated alkanes) is 1. The molecule has 2 amide bonds. The number of benzene rings is 2. The van der Waals surface area contributed by atoms with Crippen LogP contribution in [0.3, 0.4) is 0 Å². The summed E-state index contributed by atoms with van der Waals surface area (Å²) in [5.41, 5.74) is 2.32. The van der Waals surface area contributed by atoms with Crippen molar-refractivity contribution in [1.82, 2.24) is 4.90 Å². The number of hydrogen-bond donors (Lipinski definition) is 1. The molecule has 1 atom stereocenters. The smallest absolute Gasteiger partial charge is 0.244 e. The Morgan fingerprint density at radius 3 is 2.53 bits per heavy atom. The lowest BCUT2D eigenvalue weighted by Gasteiger charge is -2.36. The van der Waals surface area contributed by atoms with Crippen LogP contribution in [0.15, 0.2) is 46.9 Å². The molecule has 0 aromatic heterocycles. The quantitative estimate of drug-likeness (QED) is 0.512. The first kappa shape index (κ1) is 23.0. The van der Waals surface area contributed by atoms with Gasteiger partial charge in [0.1, 0.15) is 12.4 Å². The van der Waals surface area contributed by atoms with E-state index < -0.39 is 6.04 Å². The van der Waals surface area contributed by atoms with Crippen LogP contribution < -0.4 is 5.32 Å². The highest BCUT2D eigenvalue weighted by molar-refractivity contribution is 9.10. The van der Waals surface area contributed by atoms with Crippen molar-refractivity contribution >= 4 is 33.4 Å². The van der Waals surface area contributed by atoms with Crippen molar-refractivity contribution in [3.05, 3.63) is 63.9 Å². The van der Waals surface area contributed by atoms with E-state index >= 15 is 0 Å². The molecule has 0 unspecified atom stereocenters. The zero-order chi connectivity index (χ0) is 22.7. The fourth-order valence-electron chi connectivity index (χ4n) is 5.11. The average molecular weight is 501 g/mol. The first-order valence-electron chi connectivity index (χ1n) is 11.6. The van der Waals surface area contributed by atoms with Gasteiger partial charge in [-0.1, -0.05) is 54.2 Å². The third-order valence-corrected chi connectivity index (χ3v) is 7.33. The van der Waals surface area contributed by atoms with E-state index in [1.165, 1.54) is 31.4 Å². The van der Waals surface area contributed by atoms with Crippen LogP contribution in [0.1, 0.15) is 69.0 Å². The van der Waals surface area contributed by atoms with Gasteiger partial charge in [-0.15, -0.1) is 0 Å². The number of carbonyl (C=O) groups is 2. The van der Waals surface area contributed by atoms with Gasteiger partial charge in [0.15, 0.2) is 0 Å². The predicted octanol–water partition coefficient (Wildman–Crippen LogP) is 6.45. The lowest BCUT2D eigenvalue weighted by Crippen LogP contribution is -2.43. The summed E-state index contributed by atoms with van der Waals surface area (Å²) >= 11 is 3.53. The zero-order valence-electron chi connectivity index (χ0n) is 18.4. The minimum atomic E-state index is -0.452. The van der Waals surface area contributed by atoms with Gasteiger partial charge < -0.3 is 10.2 Å². The molecule has 6 heteroatoms. The molecule has 0 saturated heterocycles. The summed E-state index contributed by atoms with van der Waals surface area (Å²) in [6, 6.07) is 11.5. The van der Waals surface area contributed by atoms with E-state index in [0.29, 0.717) is 11.6 Å². The first-order chi connectivity index (χ1) is 15.5. The predicted molar refractivity (Wildman–Crippen MR) is 128 cm³/mol. The SMILES string of the molecule is CCCCC1CCC(C(=O)N2CC(=O)Nc3ccc(Br)cc3[C@@H]2c2ccc(F)cc2)CC1. The van der Waals surface area contributed by atoms with E-state index in [0.717, 1.165) is 41.3 Å². The second kappa shape index (κ2) is 10.2. The minimum Gasteiger partial charge on any atom is -0.324 e. The van der Waals surface area contributed by atoms with Crippen LogP contribution in [-0.2, 0) is 9.59 Å². The summed E-state index contributed by atoms with van der Waals surface area (Å²) in [7, 11) is 0. The molecule has 4 nitrogen and oxygen atoms in total. The van der Waals surface area contributed by atoms with Gasteiger partial charge in [-0.25, -0.2) is 4.39 Å². The van der Waals surface area contributed by atoms with Crippen molar-refractivity contribution in [3.63, 3.8) is 0 Å². The molecule has 1 fully saturated rings. The molecule has 32 heavy (non-hydrogen) atoms. The fraction of sp³-hybridized carbons (Fsp3) is 0.462. The molecular formula is C26H30BrFN2O2. The van der Waals surface area contributed by atoms with Gasteiger partial charge in [-0.2, -0.15) is 0 Å². The Morgan fingerprint density at radius 1 is 1.12 bits per heavy atom. The van der Waals surface area contributed by atoms with Gasteiger partial charge in [0.25, 0.3) is 0 Å². The van der Waals surface area contributed by atoms with Crippen LogP contribution in [0.2, 0.25) is 0 Å². The topological polar surface area (TPSA) is 49.4 Å². The molecule has 1 saturated carbocycles. The lowest BCUT2D eigenvalue weighted by atomic mass is 9.79. The summed E-state index contributed by atoms with van der Waals surface area (Å²) < 4.78 is 14.5. The van der Waals surface area contributed by atoms with Crippen molar-refractivity contribution in [3.8, 4) is 0 Å². The number of carbonyl (C=O) groups excluding carboxylic acids is 2. The Hall–Kier alpha value is -2.21. The Labute approximate surface area is 197 Å². The second-order valence-corrected chi connectivity index (χ2v) is 9.98. The van der Waals surface area contributed by atoms with Gasteiger partial charge >= 0.3 is 0 Å². The molecule has 0 bridgehead atoms. The zero-order valence-corrected chi connectivity index (χ0v) is 20.0. The monoisotopic (exact) mass is 500 g/mol. The van der Waals surface area contributed by atoms with Crippen molar-refractivity contribution in [2.24, 2.45) is 11.8 Å². The molecule has 2 aromatic carbocycles. The molecule has 170 valence electrons. The molecule has 0 radical (unpaired) electrons. The average Bonchev–Trinajstić information content (AvgIpc) is 2.94. The maximum absolute atomic E-state index is 13.8. The number of anilines is 1. The van der Waals surface area contributed by atoms with E-state index in [1.807, 2.05) is 18.2 Å². The van der Waals surface area contributed by atoms with Gasteiger partial charge in [0.2, 0.25) is 11.8 Å². The van der Waals surface area contributed by atoms with Crippen LogP contribution in [-0.4, -0.2) is 23.3 Å². The summed E-state index contributed by atoms with van der Waals surface area (Å²) in [6.07, 6.45) is 7.56. The molecule has 1 heterocycles. The summed E-state index contributed by atoms with van der Waals surface area (Å²) in [5, 5.41) is 2.95. The highest BCUT2D eigenvalue weighted by atomic mass is 79.9. The van der Waals surface area contributed by atoms with Gasteiger partial charge in [-0.05, 0) is 67.5 Å². The third-order valence-electron chi connectivity index (χ3n) is 6.84. The van der Waals surface area contributed by atoms with Crippen molar-refractivity contribution in [2.45, 2.75) is 57.9 Å². The van der Waals surface area contributed by atoms with E-state index in [4.69, 9.17) is 0 Å². The van der Waals surface area contributed by atoms with E-state index in [2.05, 4.69) is 28.2 Å². The number of amides is 2. The van der Waals surface area contributed by atoms with Crippen molar-refractivity contribution in [2.75, 3.05) is 11.9 Å². The lowest BCUT2D eigenvalue weighted by molar-refractivity contribution is -0.141. The Kier molecular flexibility index (Phi) is 7.29. The van der Waals surface area contributed by atoms with Crippen LogP contribution in [0.5, 0.6) is 0 Å². The Balaban J connectivity index is 1.66. The van der Waals surface area contributed by atoms with Crippen LogP contribution >= 0.6 is 15.9 Å². The molecule has 2 aromatic rings. The summed E-state index contributed by atoms with van der Waals surface area (Å²) in [4.78, 5) is 28.2. The third kappa shape index (κ3) is 5.06. The van der Waals surface area contributed by atoms with E-state index in [1.54, 1.807) is 17.0 Å². The largest absolute Gasteiger partial charge is 0.324 e. The van der Waals surface area contributed by atoms with Crippen LogP contribution in [0.4, 0.5) is 10.1 Å².